The van der Waals surface area contributed by atoms with Crippen LogP contribution in [-0.2, 0) is 19.5 Å². The van der Waals surface area contributed by atoms with Gasteiger partial charge in [0.1, 0.15) is 22.2 Å². The highest BCUT2D eigenvalue weighted by molar-refractivity contribution is 7.09. The minimum absolute atomic E-state index is 0.0146. The molecule has 0 aliphatic carbocycles. The first-order valence-electron chi connectivity index (χ1n) is 14.7. The van der Waals surface area contributed by atoms with E-state index >= 15 is 0 Å². The number of rotatable bonds is 13. The molecule has 232 valence electrons. The van der Waals surface area contributed by atoms with E-state index in [1.54, 1.807) is 28.4 Å². The van der Waals surface area contributed by atoms with Crippen molar-refractivity contribution in [3.8, 4) is 23.0 Å². The fourth-order valence-electron chi connectivity index (χ4n) is 5.40. The number of piperazine rings is 1. The third kappa shape index (κ3) is 7.62. The van der Waals surface area contributed by atoms with Crippen LogP contribution >= 0.6 is 11.3 Å². The van der Waals surface area contributed by atoms with Gasteiger partial charge in [-0.25, -0.2) is 4.98 Å². The molecule has 2 heterocycles. The Kier molecular flexibility index (Phi) is 10.6. The van der Waals surface area contributed by atoms with Gasteiger partial charge in [0, 0.05) is 44.6 Å². The van der Waals surface area contributed by atoms with Crippen LogP contribution in [0.25, 0.3) is 0 Å². The molecule has 1 fully saturated rings. The van der Waals surface area contributed by atoms with E-state index in [9.17, 15) is 4.79 Å². The summed E-state index contributed by atoms with van der Waals surface area (Å²) in [7, 11) is 6.65. The van der Waals surface area contributed by atoms with E-state index < -0.39 is 0 Å². The molecule has 44 heavy (non-hydrogen) atoms. The lowest BCUT2D eigenvalue weighted by atomic mass is 10.1. The standard InChI is InChI=1S/C34H40N4O5S/c1-40-27-12-9-26(10-13-27)22-36(16-15-25-11-14-31(42-3)32(21-25)43-4)23-33-35-28(24-44-33)34(39)38-19-17-37(18-20-38)29-7-5-6-8-30(29)41-2/h5-14,21,24H,15-20,22-23H2,1-4H3. The van der Waals surface area contributed by atoms with Gasteiger partial charge in [-0.1, -0.05) is 30.3 Å². The smallest absolute Gasteiger partial charge is 0.273 e. The Labute approximate surface area is 263 Å². The maximum atomic E-state index is 13.4. The molecular weight excluding hydrogens is 576 g/mol. The van der Waals surface area contributed by atoms with E-state index in [1.165, 1.54) is 16.9 Å². The molecule has 1 saturated heterocycles. The molecule has 0 radical (unpaired) electrons. The van der Waals surface area contributed by atoms with Crippen LogP contribution in [0.5, 0.6) is 23.0 Å². The van der Waals surface area contributed by atoms with Crippen molar-refractivity contribution in [3.63, 3.8) is 0 Å². The molecule has 3 aromatic carbocycles. The number of thiazole rings is 1. The predicted molar refractivity (Wildman–Crippen MR) is 174 cm³/mol. The molecule has 10 heteroatoms. The summed E-state index contributed by atoms with van der Waals surface area (Å²) >= 11 is 1.54. The molecule has 1 aromatic heterocycles. The van der Waals surface area contributed by atoms with Crippen LogP contribution in [0.3, 0.4) is 0 Å². The van der Waals surface area contributed by atoms with Crippen LogP contribution in [0.15, 0.2) is 72.1 Å². The molecule has 0 spiro atoms. The molecule has 1 amide bonds. The van der Waals surface area contributed by atoms with Crippen LogP contribution < -0.4 is 23.8 Å². The zero-order chi connectivity index (χ0) is 30.9. The SMILES string of the molecule is COc1ccc(CN(CCc2ccc(OC)c(OC)c2)Cc2nc(C(=O)N3CCN(c4ccccc4OC)CC3)cs2)cc1. The Hall–Kier alpha value is -4.28. The molecule has 1 aliphatic heterocycles. The van der Waals surface area contributed by atoms with Gasteiger partial charge in [0.05, 0.1) is 40.7 Å². The zero-order valence-electron chi connectivity index (χ0n) is 25.8. The Morgan fingerprint density at radius 2 is 1.50 bits per heavy atom. The summed E-state index contributed by atoms with van der Waals surface area (Å²) < 4.78 is 21.8. The number of methoxy groups -OCH3 is 4. The summed E-state index contributed by atoms with van der Waals surface area (Å²) in [5.41, 5.74) is 3.91. The maximum Gasteiger partial charge on any atom is 0.273 e. The molecule has 9 nitrogen and oxygen atoms in total. The van der Waals surface area contributed by atoms with Crippen molar-refractivity contribution in [2.24, 2.45) is 0 Å². The number of hydrogen-bond acceptors (Lipinski definition) is 9. The monoisotopic (exact) mass is 616 g/mol. The van der Waals surface area contributed by atoms with Crippen molar-refractivity contribution in [1.82, 2.24) is 14.8 Å². The summed E-state index contributed by atoms with van der Waals surface area (Å²) in [6.45, 7) is 4.94. The highest BCUT2D eigenvalue weighted by Gasteiger charge is 2.25. The normalized spacial score (nSPS) is 13.2. The minimum atomic E-state index is -0.0146. The van der Waals surface area contributed by atoms with Gasteiger partial charge in [0.25, 0.3) is 5.91 Å². The summed E-state index contributed by atoms with van der Waals surface area (Å²) in [6, 6.07) is 22.2. The van der Waals surface area contributed by atoms with Crippen molar-refractivity contribution in [3.05, 3.63) is 93.9 Å². The fraction of sp³-hybridized carbons (Fsp3) is 0.353. The molecule has 1 aliphatic rings. The number of amides is 1. The fourth-order valence-corrected chi connectivity index (χ4v) is 6.21. The molecule has 0 N–H and O–H groups in total. The van der Waals surface area contributed by atoms with Gasteiger partial charge in [-0.05, 0) is 53.9 Å². The number of carbonyl (C=O) groups is 1. The minimum Gasteiger partial charge on any atom is -0.497 e. The van der Waals surface area contributed by atoms with E-state index in [0.717, 1.165) is 66.1 Å². The lowest BCUT2D eigenvalue weighted by molar-refractivity contribution is 0.0741. The van der Waals surface area contributed by atoms with Gasteiger partial charge in [-0.2, -0.15) is 0 Å². The summed E-state index contributed by atoms with van der Waals surface area (Å²) in [6.07, 6.45) is 0.824. The zero-order valence-corrected chi connectivity index (χ0v) is 26.6. The third-order valence-electron chi connectivity index (χ3n) is 7.85. The van der Waals surface area contributed by atoms with Crippen molar-refractivity contribution < 1.29 is 23.7 Å². The van der Waals surface area contributed by atoms with Crippen molar-refractivity contribution >= 4 is 22.9 Å². The molecule has 0 saturated carbocycles. The Morgan fingerprint density at radius 1 is 0.795 bits per heavy atom. The largest absolute Gasteiger partial charge is 0.497 e. The predicted octanol–water partition coefficient (Wildman–Crippen LogP) is 5.38. The second-order valence-corrected chi connectivity index (χ2v) is 11.5. The number of carbonyl (C=O) groups excluding carboxylic acids is 1. The second-order valence-electron chi connectivity index (χ2n) is 10.6. The van der Waals surface area contributed by atoms with Crippen molar-refractivity contribution in [1.29, 1.82) is 0 Å². The van der Waals surface area contributed by atoms with Crippen LogP contribution in [0.2, 0.25) is 0 Å². The maximum absolute atomic E-state index is 13.4. The number of nitrogens with zero attached hydrogens (tertiary/aromatic N) is 4. The molecule has 5 rings (SSSR count). The van der Waals surface area contributed by atoms with Crippen LogP contribution in [0, 0.1) is 0 Å². The lowest BCUT2D eigenvalue weighted by Gasteiger charge is -2.36. The highest BCUT2D eigenvalue weighted by atomic mass is 32.1. The van der Waals surface area contributed by atoms with E-state index in [4.69, 9.17) is 23.9 Å². The highest BCUT2D eigenvalue weighted by Crippen LogP contribution is 2.29. The summed E-state index contributed by atoms with van der Waals surface area (Å²) in [5.74, 6) is 3.10. The van der Waals surface area contributed by atoms with Crippen LogP contribution in [0.1, 0.15) is 26.6 Å². The molecular formula is C34H40N4O5S. The Bertz CT molecular complexity index is 1520. The molecule has 0 unspecified atom stereocenters. The number of hydrogen-bond donors (Lipinski definition) is 0. The van der Waals surface area contributed by atoms with E-state index in [2.05, 4.69) is 34.1 Å². The number of para-hydroxylation sites is 2. The van der Waals surface area contributed by atoms with Crippen LogP contribution in [0.4, 0.5) is 5.69 Å². The number of aromatic nitrogens is 1. The van der Waals surface area contributed by atoms with Gasteiger partial charge in [-0.3, -0.25) is 9.69 Å². The topological polar surface area (TPSA) is 76.6 Å². The lowest BCUT2D eigenvalue weighted by Crippen LogP contribution is -2.49. The van der Waals surface area contributed by atoms with Crippen LogP contribution in [-0.4, -0.2) is 81.9 Å². The van der Waals surface area contributed by atoms with Gasteiger partial charge in [0.2, 0.25) is 0 Å². The first kappa shape index (κ1) is 31.2. The van der Waals surface area contributed by atoms with Crippen molar-refractivity contribution in [2.75, 3.05) is 66.1 Å². The van der Waals surface area contributed by atoms with E-state index in [1.807, 2.05) is 52.7 Å². The second kappa shape index (κ2) is 14.9. The Balaban J connectivity index is 1.24. The van der Waals surface area contributed by atoms with Gasteiger partial charge in [0.15, 0.2) is 11.5 Å². The van der Waals surface area contributed by atoms with E-state index in [0.29, 0.717) is 31.1 Å². The number of ether oxygens (including phenoxy) is 4. The van der Waals surface area contributed by atoms with Gasteiger partial charge in [-0.15, -0.1) is 11.3 Å². The van der Waals surface area contributed by atoms with Crippen molar-refractivity contribution in [2.45, 2.75) is 19.5 Å². The summed E-state index contributed by atoms with van der Waals surface area (Å²) in [5, 5.41) is 2.81. The van der Waals surface area contributed by atoms with Gasteiger partial charge < -0.3 is 28.7 Å². The molecule has 4 aromatic rings. The Morgan fingerprint density at radius 3 is 2.20 bits per heavy atom. The first-order valence-corrected chi connectivity index (χ1v) is 15.6. The van der Waals surface area contributed by atoms with Gasteiger partial charge >= 0.3 is 0 Å². The average molecular weight is 617 g/mol. The first-order chi connectivity index (χ1) is 21.5. The average Bonchev–Trinajstić information content (AvgIpc) is 3.55. The summed E-state index contributed by atoms with van der Waals surface area (Å²) in [4.78, 5) is 24.7. The van der Waals surface area contributed by atoms with E-state index in [-0.39, 0.29) is 5.91 Å². The number of anilines is 1. The molecule has 0 bridgehead atoms. The third-order valence-corrected chi connectivity index (χ3v) is 8.69. The number of benzene rings is 3. The molecule has 0 atom stereocenters. The quantitative estimate of drug-likeness (QED) is 0.198.